The van der Waals surface area contributed by atoms with Gasteiger partial charge in [-0.25, -0.2) is 0 Å². The van der Waals surface area contributed by atoms with E-state index in [1.54, 1.807) is 0 Å². The molecule has 0 fully saturated rings. The third-order valence-corrected chi connectivity index (χ3v) is 3.00. The molecule has 0 amide bonds. The summed E-state index contributed by atoms with van der Waals surface area (Å²) in [5.74, 6) is 0. The number of benzene rings is 2. The van der Waals surface area contributed by atoms with Gasteiger partial charge in [0, 0.05) is 12.6 Å². The van der Waals surface area contributed by atoms with Crippen molar-refractivity contribution in [3.05, 3.63) is 66.2 Å². The van der Waals surface area contributed by atoms with Crippen LogP contribution in [0.5, 0.6) is 0 Å². The lowest BCUT2D eigenvalue weighted by Gasteiger charge is -2.13. The fraction of sp³-hybridized carbons (Fsp3) is 0.0714. The molecule has 0 aliphatic heterocycles. The Labute approximate surface area is 110 Å². The molecule has 2 rings (SSSR count). The van der Waals surface area contributed by atoms with E-state index >= 15 is 0 Å². The molecular weight excluding hydrogens is 276 g/mol. The van der Waals surface area contributed by atoms with Gasteiger partial charge in [0.05, 0.1) is 5.69 Å². The van der Waals surface area contributed by atoms with Crippen LogP contribution in [0.2, 0.25) is 0 Å². The Hall–Kier alpha value is -1.61. The highest BCUT2D eigenvalue weighted by atomic mass is 79.9. The fourth-order valence-electron chi connectivity index (χ4n) is 1.47. The minimum Gasteiger partial charge on any atom is -0.268 e. The standard InChI is InChI=1S/C14H13BrN2/c1-17(13-10-6-3-7-11-13)16-14(15)12-8-4-2-5-9-12/h2-11H,1H3/b16-14-. The van der Waals surface area contributed by atoms with Crippen LogP contribution in [0.15, 0.2) is 65.8 Å². The molecule has 0 aromatic heterocycles. The van der Waals surface area contributed by atoms with Crippen LogP contribution in [-0.4, -0.2) is 11.7 Å². The Morgan fingerprint density at radius 3 is 2.06 bits per heavy atom. The summed E-state index contributed by atoms with van der Waals surface area (Å²) in [6.45, 7) is 0. The molecule has 17 heavy (non-hydrogen) atoms. The number of hydrazone groups is 1. The van der Waals surface area contributed by atoms with Gasteiger partial charge in [-0.3, -0.25) is 5.01 Å². The maximum absolute atomic E-state index is 4.48. The summed E-state index contributed by atoms with van der Waals surface area (Å²) in [4.78, 5) is 0. The van der Waals surface area contributed by atoms with Crippen LogP contribution < -0.4 is 5.01 Å². The average Bonchev–Trinajstić information content (AvgIpc) is 2.40. The van der Waals surface area contributed by atoms with Crippen molar-refractivity contribution < 1.29 is 0 Å². The first kappa shape index (κ1) is 11.9. The molecule has 0 unspecified atom stereocenters. The van der Waals surface area contributed by atoms with E-state index in [2.05, 4.69) is 21.0 Å². The normalized spacial score (nSPS) is 11.3. The van der Waals surface area contributed by atoms with Gasteiger partial charge in [-0.05, 0) is 28.1 Å². The first-order valence-corrected chi connectivity index (χ1v) is 6.15. The summed E-state index contributed by atoms with van der Waals surface area (Å²) < 4.78 is 0.824. The molecule has 0 heterocycles. The Bertz CT molecular complexity index is 494. The average molecular weight is 289 g/mol. The van der Waals surface area contributed by atoms with Crippen LogP contribution in [0, 0.1) is 0 Å². The maximum atomic E-state index is 4.48. The van der Waals surface area contributed by atoms with Crippen LogP contribution in [0.3, 0.4) is 0 Å². The number of hydrogen-bond acceptors (Lipinski definition) is 2. The predicted octanol–water partition coefficient (Wildman–Crippen LogP) is 3.88. The highest BCUT2D eigenvalue weighted by Crippen LogP contribution is 2.14. The van der Waals surface area contributed by atoms with E-state index in [4.69, 9.17) is 0 Å². The first-order valence-electron chi connectivity index (χ1n) is 5.35. The summed E-state index contributed by atoms with van der Waals surface area (Å²) in [6, 6.07) is 20.1. The van der Waals surface area contributed by atoms with Crippen LogP contribution in [-0.2, 0) is 0 Å². The number of nitrogens with zero attached hydrogens (tertiary/aromatic N) is 2. The first-order chi connectivity index (χ1) is 8.27. The van der Waals surface area contributed by atoms with E-state index in [0.717, 1.165) is 15.9 Å². The number of anilines is 1. The smallest absolute Gasteiger partial charge is 0.133 e. The minimum atomic E-state index is 0.824. The quantitative estimate of drug-likeness (QED) is 0.618. The lowest BCUT2D eigenvalue weighted by Crippen LogP contribution is -2.10. The summed E-state index contributed by atoms with van der Waals surface area (Å²) >= 11 is 3.49. The van der Waals surface area contributed by atoms with E-state index in [9.17, 15) is 0 Å². The molecule has 0 atom stereocenters. The lowest BCUT2D eigenvalue weighted by atomic mass is 10.2. The van der Waals surface area contributed by atoms with Gasteiger partial charge in [-0.2, -0.15) is 5.10 Å². The molecule has 2 aromatic rings. The molecule has 0 N–H and O–H groups in total. The highest BCUT2D eigenvalue weighted by Gasteiger charge is 2.01. The summed E-state index contributed by atoms with van der Waals surface area (Å²) in [5, 5.41) is 6.33. The molecule has 0 saturated carbocycles. The third-order valence-electron chi connectivity index (χ3n) is 2.38. The zero-order chi connectivity index (χ0) is 12.1. The maximum Gasteiger partial charge on any atom is 0.133 e. The van der Waals surface area contributed by atoms with Crippen molar-refractivity contribution in [2.75, 3.05) is 12.1 Å². The van der Waals surface area contributed by atoms with Gasteiger partial charge >= 0.3 is 0 Å². The van der Waals surface area contributed by atoms with Crippen LogP contribution in [0.25, 0.3) is 0 Å². The number of para-hydroxylation sites is 1. The molecule has 2 nitrogen and oxygen atoms in total. The van der Waals surface area contributed by atoms with Gasteiger partial charge in [-0.1, -0.05) is 48.5 Å². The van der Waals surface area contributed by atoms with Crippen molar-refractivity contribution >= 4 is 26.2 Å². The van der Waals surface area contributed by atoms with Crippen LogP contribution >= 0.6 is 15.9 Å². The Morgan fingerprint density at radius 2 is 1.47 bits per heavy atom. The Morgan fingerprint density at radius 1 is 0.941 bits per heavy atom. The second-order valence-electron chi connectivity index (χ2n) is 3.62. The van der Waals surface area contributed by atoms with Gasteiger partial charge in [0.15, 0.2) is 0 Å². The van der Waals surface area contributed by atoms with Crippen molar-refractivity contribution in [3.63, 3.8) is 0 Å². The van der Waals surface area contributed by atoms with E-state index < -0.39 is 0 Å². The van der Waals surface area contributed by atoms with Crippen molar-refractivity contribution in [3.8, 4) is 0 Å². The number of rotatable bonds is 3. The fourth-order valence-corrected chi connectivity index (χ4v) is 1.97. The molecule has 0 bridgehead atoms. The van der Waals surface area contributed by atoms with Crippen molar-refractivity contribution in [2.24, 2.45) is 5.10 Å². The molecular formula is C14H13BrN2. The molecule has 0 aliphatic rings. The molecule has 2 aromatic carbocycles. The summed E-state index contributed by atoms with van der Waals surface area (Å²) in [7, 11) is 1.93. The van der Waals surface area contributed by atoms with Gasteiger partial charge in [0.25, 0.3) is 0 Å². The largest absolute Gasteiger partial charge is 0.268 e. The van der Waals surface area contributed by atoms with Crippen molar-refractivity contribution in [1.29, 1.82) is 0 Å². The molecule has 0 saturated heterocycles. The number of hydrogen-bond donors (Lipinski definition) is 0. The molecule has 0 radical (unpaired) electrons. The van der Waals surface area contributed by atoms with Gasteiger partial charge < -0.3 is 0 Å². The van der Waals surface area contributed by atoms with Crippen LogP contribution in [0.1, 0.15) is 5.56 Å². The highest BCUT2D eigenvalue weighted by molar-refractivity contribution is 9.18. The number of halogens is 1. The molecule has 3 heteroatoms. The second-order valence-corrected chi connectivity index (χ2v) is 4.37. The zero-order valence-electron chi connectivity index (χ0n) is 9.55. The zero-order valence-corrected chi connectivity index (χ0v) is 11.1. The van der Waals surface area contributed by atoms with Gasteiger partial charge in [0.1, 0.15) is 4.62 Å². The van der Waals surface area contributed by atoms with E-state index in [1.807, 2.05) is 72.7 Å². The predicted molar refractivity (Wildman–Crippen MR) is 76.8 cm³/mol. The van der Waals surface area contributed by atoms with Gasteiger partial charge in [0.2, 0.25) is 0 Å². The molecule has 0 aliphatic carbocycles. The topological polar surface area (TPSA) is 15.6 Å². The minimum absolute atomic E-state index is 0.824. The van der Waals surface area contributed by atoms with Crippen LogP contribution in [0.4, 0.5) is 5.69 Å². The molecule has 86 valence electrons. The van der Waals surface area contributed by atoms with Crippen molar-refractivity contribution in [1.82, 2.24) is 0 Å². The van der Waals surface area contributed by atoms with E-state index in [0.29, 0.717) is 0 Å². The summed E-state index contributed by atoms with van der Waals surface area (Å²) in [6.07, 6.45) is 0. The van der Waals surface area contributed by atoms with E-state index in [1.165, 1.54) is 0 Å². The monoisotopic (exact) mass is 288 g/mol. The van der Waals surface area contributed by atoms with Crippen molar-refractivity contribution in [2.45, 2.75) is 0 Å². The SMILES string of the molecule is CN(/N=C(\Br)c1ccccc1)c1ccccc1. The Balaban J connectivity index is 2.20. The second kappa shape index (κ2) is 5.64. The summed E-state index contributed by atoms with van der Waals surface area (Å²) in [5.41, 5.74) is 2.12. The molecule has 0 spiro atoms. The third kappa shape index (κ3) is 3.17. The van der Waals surface area contributed by atoms with E-state index in [-0.39, 0.29) is 0 Å². The lowest BCUT2D eigenvalue weighted by molar-refractivity contribution is 1.02. The van der Waals surface area contributed by atoms with Gasteiger partial charge in [-0.15, -0.1) is 0 Å². The Kier molecular flexibility index (Phi) is 3.94.